The van der Waals surface area contributed by atoms with Gasteiger partial charge < -0.3 is 9.72 Å². The average Bonchev–Trinajstić information content (AvgIpc) is 2.71. The third-order valence-electron chi connectivity index (χ3n) is 1.98. The van der Waals surface area contributed by atoms with Crippen molar-refractivity contribution in [3.63, 3.8) is 0 Å². The smallest absolute Gasteiger partial charge is 0.333 e. The summed E-state index contributed by atoms with van der Waals surface area (Å²) in [5, 5.41) is 0. The molecule has 0 unspecified atom stereocenters. The van der Waals surface area contributed by atoms with Crippen molar-refractivity contribution in [2.45, 2.75) is 19.8 Å². The van der Waals surface area contributed by atoms with Crippen LogP contribution in [-0.4, -0.2) is 23.0 Å². The molecule has 14 heavy (non-hydrogen) atoms. The Hall–Kier alpha value is -1.58. The number of aromatic nitrogens is 2. The molecule has 4 nitrogen and oxygen atoms in total. The minimum Gasteiger partial charge on any atom is -0.466 e. The number of carbonyl (C=O) groups excluding carboxylic acids is 1. The van der Waals surface area contributed by atoms with Gasteiger partial charge in [-0.3, -0.25) is 0 Å². The van der Waals surface area contributed by atoms with Gasteiger partial charge >= 0.3 is 5.97 Å². The summed E-state index contributed by atoms with van der Waals surface area (Å²) in [4.78, 5) is 18.2. The molecule has 0 aliphatic carbocycles. The van der Waals surface area contributed by atoms with Crippen LogP contribution in [0.25, 0.3) is 0 Å². The van der Waals surface area contributed by atoms with Crippen LogP contribution in [0.5, 0.6) is 0 Å². The number of methoxy groups -OCH3 is 1. The topological polar surface area (TPSA) is 55.0 Å². The van der Waals surface area contributed by atoms with Crippen LogP contribution in [0.15, 0.2) is 24.0 Å². The largest absolute Gasteiger partial charge is 0.466 e. The summed E-state index contributed by atoms with van der Waals surface area (Å²) in [5.41, 5.74) is 0.684. The highest BCUT2D eigenvalue weighted by Crippen LogP contribution is 2.07. The van der Waals surface area contributed by atoms with Crippen molar-refractivity contribution in [2.24, 2.45) is 0 Å². The van der Waals surface area contributed by atoms with E-state index in [4.69, 9.17) is 0 Å². The molecule has 1 rings (SSSR count). The predicted octanol–water partition coefficient (Wildman–Crippen LogP) is 1.46. The lowest BCUT2D eigenvalue weighted by atomic mass is 10.1. The Morgan fingerprint density at radius 1 is 1.71 bits per heavy atom. The Kier molecular flexibility index (Phi) is 3.91. The number of hydrogen-bond donors (Lipinski definition) is 1. The summed E-state index contributed by atoms with van der Waals surface area (Å²) < 4.78 is 4.64. The van der Waals surface area contributed by atoms with Crippen molar-refractivity contribution in [2.75, 3.05) is 7.11 Å². The van der Waals surface area contributed by atoms with Crippen molar-refractivity contribution < 1.29 is 9.53 Å². The van der Waals surface area contributed by atoms with Gasteiger partial charge in [-0.1, -0.05) is 6.08 Å². The van der Waals surface area contributed by atoms with Crippen molar-refractivity contribution in [1.82, 2.24) is 9.97 Å². The first-order chi connectivity index (χ1) is 6.77. The lowest BCUT2D eigenvalue weighted by molar-refractivity contribution is -0.136. The maximum absolute atomic E-state index is 11.2. The van der Waals surface area contributed by atoms with Crippen LogP contribution in [0, 0.1) is 0 Å². The monoisotopic (exact) mass is 194 g/mol. The van der Waals surface area contributed by atoms with E-state index in [0.717, 1.165) is 12.2 Å². The Morgan fingerprint density at radius 3 is 3.00 bits per heavy atom. The molecule has 0 bridgehead atoms. The van der Waals surface area contributed by atoms with E-state index in [2.05, 4.69) is 14.7 Å². The standard InChI is InChI=1S/C10H14N2O2/c1-3-8(10(13)14-2)4-5-9-11-6-7-12-9/h3,6-7H,4-5H2,1-2H3,(H,11,12)/b8-3+. The summed E-state index contributed by atoms with van der Waals surface area (Å²) in [6.07, 6.45) is 6.61. The minimum atomic E-state index is -0.265. The van der Waals surface area contributed by atoms with Crippen LogP contribution in [0.4, 0.5) is 0 Å². The second kappa shape index (κ2) is 5.21. The zero-order valence-electron chi connectivity index (χ0n) is 8.41. The number of nitrogens with zero attached hydrogens (tertiary/aromatic N) is 1. The number of nitrogens with one attached hydrogen (secondary N) is 1. The maximum Gasteiger partial charge on any atom is 0.333 e. The van der Waals surface area contributed by atoms with Crippen LogP contribution in [-0.2, 0) is 16.0 Å². The fourth-order valence-corrected chi connectivity index (χ4v) is 1.18. The molecule has 1 aromatic rings. The Balaban J connectivity index is 2.47. The molecule has 0 aliphatic heterocycles. The lowest BCUT2D eigenvalue weighted by Gasteiger charge is -2.02. The second-order valence-electron chi connectivity index (χ2n) is 2.84. The van der Waals surface area contributed by atoms with Gasteiger partial charge in [-0.05, 0) is 13.3 Å². The van der Waals surface area contributed by atoms with E-state index in [9.17, 15) is 4.79 Å². The van der Waals surface area contributed by atoms with Gasteiger partial charge in [-0.15, -0.1) is 0 Å². The number of carbonyl (C=O) groups is 1. The Labute approximate surface area is 83.0 Å². The fourth-order valence-electron chi connectivity index (χ4n) is 1.18. The van der Waals surface area contributed by atoms with E-state index >= 15 is 0 Å². The number of rotatable bonds is 4. The molecule has 4 heteroatoms. The molecule has 0 fully saturated rings. The van der Waals surface area contributed by atoms with E-state index in [-0.39, 0.29) is 5.97 Å². The van der Waals surface area contributed by atoms with E-state index in [0.29, 0.717) is 12.0 Å². The van der Waals surface area contributed by atoms with Crippen molar-refractivity contribution in [3.8, 4) is 0 Å². The molecule has 1 aromatic heterocycles. The van der Waals surface area contributed by atoms with Crippen molar-refractivity contribution in [3.05, 3.63) is 29.9 Å². The third-order valence-corrected chi connectivity index (χ3v) is 1.98. The van der Waals surface area contributed by atoms with Crippen LogP contribution in [0.2, 0.25) is 0 Å². The molecular weight excluding hydrogens is 180 g/mol. The number of allylic oxidation sites excluding steroid dienone is 1. The number of aryl methyl sites for hydroxylation is 1. The van der Waals surface area contributed by atoms with Gasteiger partial charge in [0.05, 0.1) is 7.11 Å². The minimum absolute atomic E-state index is 0.265. The molecule has 0 aliphatic rings. The quantitative estimate of drug-likeness (QED) is 0.583. The van der Waals surface area contributed by atoms with E-state index in [1.807, 2.05) is 6.92 Å². The van der Waals surface area contributed by atoms with Crippen molar-refractivity contribution in [1.29, 1.82) is 0 Å². The molecule has 0 saturated heterocycles. The van der Waals surface area contributed by atoms with Gasteiger partial charge in [0.25, 0.3) is 0 Å². The fraction of sp³-hybridized carbons (Fsp3) is 0.400. The predicted molar refractivity (Wildman–Crippen MR) is 52.7 cm³/mol. The van der Waals surface area contributed by atoms with Crippen LogP contribution < -0.4 is 0 Å². The first-order valence-electron chi connectivity index (χ1n) is 4.49. The zero-order valence-corrected chi connectivity index (χ0v) is 8.41. The third kappa shape index (κ3) is 2.73. The Morgan fingerprint density at radius 2 is 2.50 bits per heavy atom. The summed E-state index contributed by atoms with van der Waals surface area (Å²) in [7, 11) is 1.39. The van der Waals surface area contributed by atoms with Gasteiger partial charge in [0, 0.05) is 24.4 Å². The summed E-state index contributed by atoms with van der Waals surface area (Å²) in [6.45, 7) is 1.83. The van der Waals surface area contributed by atoms with E-state index < -0.39 is 0 Å². The van der Waals surface area contributed by atoms with Crippen LogP contribution >= 0.6 is 0 Å². The summed E-state index contributed by atoms with van der Waals surface area (Å²) in [6, 6.07) is 0. The SMILES string of the molecule is C/C=C(\CCc1ncc[nH]1)C(=O)OC. The first kappa shape index (κ1) is 10.5. The second-order valence-corrected chi connectivity index (χ2v) is 2.84. The number of aromatic amines is 1. The molecule has 76 valence electrons. The molecule has 0 aromatic carbocycles. The number of ether oxygens (including phenoxy) is 1. The number of imidazole rings is 1. The van der Waals surface area contributed by atoms with E-state index in [1.165, 1.54) is 7.11 Å². The van der Waals surface area contributed by atoms with E-state index in [1.54, 1.807) is 18.5 Å². The normalized spacial score (nSPS) is 11.4. The molecular formula is C10H14N2O2. The Bertz CT molecular complexity index is 315. The van der Waals surface area contributed by atoms with Crippen LogP contribution in [0.1, 0.15) is 19.2 Å². The lowest BCUT2D eigenvalue weighted by Crippen LogP contribution is -2.06. The van der Waals surface area contributed by atoms with Crippen LogP contribution in [0.3, 0.4) is 0 Å². The number of H-pyrrole nitrogens is 1. The molecule has 1 heterocycles. The zero-order chi connectivity index (χ0) is 10.4. The highest BCUT2D eigenvalue weighted by atomic mass is 16.5. The summed E-state index contributed by atoms with van der Waals surface area (Å²) >= 11 is 0. The molecule has 1 N–H and O–H groups in total. The highest BCUT2D eigenvalue weighted by Gasteiger charge is 2.08. The van der Waals surface area contributed by atoms with Gasteiger partial charge in [0.15, 0.2) is 0 Å². The number of esters is 1. The highest BCUT2D eigenvalue weighted by molar-refractivity contribution is 5.88. The van der Waals surface area contributed by atoms with Crippen molar-refractivity contribution >= 4 is 5.97 Å². The van der Waals surface area contributed by atoms with Gasteiger partial charge in [-0.25, -0.2) is 9.78 Å². The van der Waals surface area contributed by atoms with Gasteiger partial charge in [-0.2, -0.15) is 0 Å². The number of hydrogen-bond acceptors (Lipinski definition) is 3. The molecule has 0 atom stereocenters. The average molecular weight is 194 g/mol. The maximum atomic E-state index is 11.2. The molecule has 0 radical (unpaired) electrons. The first-order valence-corrected chi connectivity index (χ1v) is 4.49. The summed E-state index contributed by atoms with van der Waals surface area (Å²) in [5.74, 6) is 0.618. The van der Waals surface area contributed by atoms with Gasteiger partial charge in [0.2, 0.25) is 0 Å². The van der Waals surface area contributed by atoms with Gasteiger partial charge in [0.1, 0.15) is 5.82 Å². The molecule has 0 amide bonds. The molecule has 0 spiro atoms. The molecule has 0 saturated carbocycles.